The van der Waals surface area contributed by atoms with Crippen LogP contribution in [0.2, 0.25) is 0 Å². The summed E-state index contributed by atoms with van der Waals surface area (Å²) in [5.74, 6) is -0.148. The molecule has 2 aliphatic rings. The van der Waals surface area contributed by atoms with Crippen molar-refractivity contribution in [3.05, 3.63) is 0 Å². The molecule has 0 bridgehead atoms. The van der Waals surface area contributed by atoms with Crippen LogP contribution in [0.4, 0.5) is 0 Å². The Balaban J connectivity index is 2.10. The van der Waals surface area contributed by atoms with Gasteiger partial charge in [0.05, 0.1) is 6.10 Å². The molecule has 2 saturated heterocycles. The lowest BCUT2D eigenvalue weighted by Crippen LogP contribution is -2.52. The molecule has 20 heavy (non-hydrogen) atoms. The molecule has 0 unspecified atom stereocenters. The number of ether oxygens (including phenoxy) is 1. The third-order valence-electron chi connectivity index (χ3n) is 3.78. The van der Waals surface area contributed by atoms with Crippen molar-refractivity contribution >= 4 is 17.6 Å². The summed E-state index contributed by atoms with van der Waals surface area (Å²) in [6.07, 6.45) is 1.10. The van der Waals surface area contributed by atoms with E-state index in [1.54, 1.807) is 4.90 Å². The molecule has 0 aromatic rings. The molecule has 0 saturated carbocycles. The van der Waals surface area contributed by atoms with Crippen LogP contribution in [0.25, 0.3) is 0 Å². The average molecular weight is 282 g/mol. The van der Waals surface area contributed by atoms with Gasteiger partial charge in [0, 0.05) is 13.5 Å². The fraction of sp³-hybridized carbons (Fsp3) is 0.786. The van der Waals surface area contributed by atoms with E-state index in [0.717, 1.165) is 0 Å². The van der Waals surface area contributed by atoms with Crippen LogP contribution in [0.15, 0.2) is 0 Å². The van der Waals surface area contributed by atoms with Gasteiger partial charge in [-0.05, 0) is 18.8 Å². The molecule has 2 aliphatic heterocycles. The molecule has 0 spiro atoms. The molecule has 0 aromatic carbocycles. The van der Waals surface area contributed by atoms with Gasteiger partial charge in [-0.25, -0.2) is 0 Å². The summed E-state index contributed by atoms with van der Waals surface area (Å²) in [6.45, 7) is 6.01. The smallest absolute Gasteiger partial charge is 0.245 e. The molecule has 112 valence electrons. The fourth-order valence-electron chi connectivity index (χ4n) is 2.98. The average Bonchev–Trinajstić information content (AvgIpc) is 2.90. The van der Waals surface area contributed by atoms with Crippen LogP contribution in [-0.2, 0) is 19.1 Å². The van der Waals surface area contributed by atoms with Gasteiger partial charge < -0.3 is 15.0 Å². The van der Waals surface area contributed by atoms with Crippen molar-refractivity contribution in [2.45, 2.75) is 51.8 Å². The van der Waals surface area contributed by atoms with Crippen LogP contribution < -0.4 is 5.32 Å². The van der Waals surface area contributed by atoms with E-state index < -0.39 is 12.1 Å². The van der Waals surface area contributed by atoms with Crippen molar-refractivity contribution in [3.8, 4) is 0 Å². The Morgan fingerprint density at radius 3 is 2.75 bits per heavy atom. The number of fused-ring (bicyclic) bond motifs is 1. The highest BCUT2D eigenvalue weighted by atomic mass is 16.5. The maximum atomic E-state index is 12.6. The maximum absolute atomic E-state index is 12.6. The Hall–Kier alpha value is -1.43. The van der Waals surface area contributed by atoms with Gasteiger partial charge in [0.2, 0.25) is 11.8 Å². The molecule has 6 nitrogen and oxygen atoms in total. The van der Waals surface area contributed by atoms with Gasteiger partial charge in [-0.2, -0.15) is 0 Å². The lowest BCUT2D eigenvalue weighted by molar-refractivity contribution is -0.140. The number of amides is 2. The third-order valence-corrected chi connectivity index (χ3v) is 3.78. The minimum Gasteiger partial charge on any atom is -0.368 e. The van der Waals surface area contributed by atoms with Crippen molar-refractivity contribution in [2.24, 2.45) is 5.92 Å². The van der Waals surface area contributed by atoms with Crippen molar-refractivity contribution in [1.82, 2.24) is 10.2 Å². The van der Waals surface area contributed by atoms with Crippen molar-refractivity contribution < 1.29 is 19.1 Å². The summed E-state index contributed by atoms with van der Waals surface area (Å²) in [4.78, 5) is 37.3. The Bertz CT molecular complexity index is 421. The molecule has 0 radical (unpaired) electrons. The van der Waals surface area contributed by atoms with Crippen molar-refractivity contribution in [1.29, 1.82) is 0 Å². The van der Waals surface area contributed by atoms with E-state index in [0.29, 0.717) is 19.4 Å². The number of nitrogens with zero attached hydrogens (tertiary/aromatic N) is 1. The van der Waals surface area contributed by atoms with Gasteiger partial charge in [0.25, 0.3) is 0 Å². The zero-order chi connectivity index (χ0) is 14.9. The summed E-state index contributed by atoms with van der Waals surface area (Å²) >= 11 is 0. The number of Topliss-reactive ketones (excluding diaryl/α,β-unsaturated/α-hetero) is 1. The Kier molecular flexibility index (Phi) is 4.42. The first kappa shape index (κ1) is 15.0. The van der Waals surface area contributed by atoms with Crippen LogP contribution in [0, 0.1) is 5.92 Å². The quantitative estimate of drug-likeness (QED) is 0.794. The summed E-state index contributed by atoms with van der Waals surface area (Å²) < 4.78 is 5.38. The van der Waals surface area contributed by atoms with E-state index in [2.05, 4.69) is 5.32 Å². The maximum Gasteiger partial charge on any atom is 0.245 e. The number of nitrogens with one attached hydrogen (secondary N) is 1. The fourth-order valence-corrected chi connectivity index (χ4v) is 2.98. The largest absolute Gasteiger partial charge is 0.368 e. The van der Waals surface area contributed by atoms with E-state index in [4.69, 9.17) is 4.74 Å². The van der Waals surface area contributed by atoms with Gasteiger partial charge >= 0.3 is 0 Å². The second-order valence-corrected chi connectivity index (χ2v) is 5.96. The summed E-state index contributed by atoms with van der Waals surface area (Å²) in [6, 6.07) is -1.01. The van der Waals surface area contributed by atoms with Crippen LogP contribution in [0.3, 0.4) is 0 Å². The zero-order valence-corrected chi connectivity index (χ0v) is 12.2. The van der Waals surface area contributed by atoms with E-state index in [1.165, 1.54) is 6.92 Å². The SMILES string of the molecule is CC(=O)N[C@@H](CC(C)C)C(=O)N1CC[C@H]2OCC(=O)[C@H]21. The number of hydrogen-bond acceptors (Lipinski definition) is 4. The summed E-state index contributed by atoms with van der Waals surface area (Å²) in [7, 11) is 0. The molecule has 3 atom stereocenters. The predicted molar refractivity (Wildman–Crippen MR) is 71.9 cm³/mol. The number of hydrogen-bond donors (Lipinski definition) is 1. The summed E-state index contributed by atoms with van der Waals surface area (Å²) in [5.41, 5.74) is 0. The third kappa shape index (κ3) is 3.00. The first-order chi connectivity index (χ1) is 9.40. The summed E-state index contributed by atoms with van der Waals surface area (Å²) in [5, 5.41) is 2.70. The topological polar surface area (TPSA) is 75.7 Å². The van der Waals surface area contributed by atoms with Gasteiger partial charge in [-0.3, -0.25) is 14.4 Å². The highest BCUT2D eigenvalue weighted by Gasteiger charge is 2.47. The highest BCUT2D eigenvalue weighted by molar-refractivity contribution is 5.95. The highest BCUT2D eigenvalue weighted by Crippen LogP contribution is 2.28. The molecule has 0 aromatic heterocycles. The molecule has 0 aliphatic carbocycles. The monoisotopic (exact) mass is 282 g/mol. The van der Waals surface area contributed by atoms with Crippen LogP contribution >= 0.6 is 0 Å². The van der Waals surface area contributed by atoms with Crippen LogP contribution in [-0.4, -0.2) is 53.8 Å². The van der Waals surface area contributed by atoms with Gasteiger partial charge in [-0.15, -0.1) is 0 Å². The number of rotatable bonds is 4. The second kappa shape index (κ2) is 5.91. The van der Waals surface area contributed by atoms with Crippen LogP contribution in [0.1, 0.15) is 33.6 Å². The Morgan fingerprint density at radius 1 is 1.45 bits per heavy atom. The van der Waals surface area contributed by atoms with E-state index >= 15 is 0 Å². The molecule has 6 heteroatoms. The van der Waals surface area contributed by atoms with Gasteiger partial charge in [0.1, 0.15) is 18.7 Å². The van der Waals surface area contributed by atoms with Gasteiger partial charge in [0.15, 0.2) is 5.78 Å². The van der Waals surface area contributed by atoms with E-state index in [1.807, 2.05) is 13.8 Å². The molecule has 2 amide bonds. The minimum absolute atomic E-state index is 0.0352. The van der Waals surface area contributed by atoms with E-state index in [-0.39, 0.29) is 36.2 Å². The molecular formula is C14H22N2O4. The number of carbonyl (C=O) groups excluding carboxylic acids is 3. The van der Waals surface area contributed by atoms with Crippen molar-refractivity contribution in [2.75, 3.05) is 13.2 Å². The second-order valence-electron chi connectivity index (χ2n) is 5.96. The van der Waals surface area contributed by atoms with E-state index in [9.17, 15) is 14.4 Å². The standard InChI is InChI=1S/C14H22N2O4/c1-8(2)6-10(15-9(3)17)14(19)16-5-4-12-13(16)11(18)7-20-12/h8,10,12-13H,4-7H2,1-3H3,(H,15,17)/t10-,12+,13+/m0/s1. The predicted octanol–water partition coefficient (Wildman–Crippen LogP) is 0.106. The minimum atomic E-state index is -0.556. The Morgan fingerprint density at radius 2 is 2.15 bits per heavy atom. The first-order valence-corrected chi connectivity index (χ1v) is 7.12. The Labute approximate surface area is 118 Å². The van der Waals surface area contributed by atoms with Crippen molar-refractivity contribution in [3.63, 3.8) is 0 Å². The first-order valence-electron chi connectivity index (χ1n) is 7.12. The van der Waals surface area contributed by atoms with Crippen LogP contribution in [0.5, 0.6) is 0 Å². The zero-order valence-electron chi connectivity index (χ0n) is 12.2. The molecule has 2 rings (SSSR count). The normalized spacial score (nSPS) is 26.8. The lowest BCUT2D eigenvalue weighted by Gasteiger charge is -2.28. The van der Waals surface area contributed by atoms with Gasteiger partial charge in [-0.1, -0.05) is 13.8 Å². The lowest BCUT2D eigenvalue weighted by atomic mass is 10.0. The number of carbonyl (C=O) groups is 3. The molecule has 2 heterocycles. The number of ketones is 1. The number of likely N-dealkylation sites (tertiary alicyclic amines) is 1. The molecule has 1 N–H and O–H groups in total. The molecule has 2 fully saturated rings. The molecular weight excluding hydrogens is 260 g/mol.